The third-order valence-electron chi connectivity index (χ3n) is 7.85. The fourth-order valence-corrected chi connectivity index (χ4v) is 7.14. The van der Waals surface area contributed by atoms with E-state index >= 15 is 0 Å². The van der Waals surface area contributed by atoms with E-state index in [9.17, 15) is 9.90 Å². The smallest absolute Gasteiger partial charge is 0.218 e. The number of pyridine rings is 1. The number of aliphatic hydroxyl groups is 1. The maximum Gasteiger partial charge on any atom is 0.218 e. The summed E-state index contributed by atoms with van der Waals surface area (Å²) >= 11 is 8.10. The highest BCUT2D eigenvalue weighted by molar-refractivity contribution is 7.99. The number of amides is 1. The summed E-state index contributed by atoms with van der Waals surface area (Å²) in [5, 5.41) is 12.7. The summed E-state index contributed by atoms with van der Waals surface area (Å²) in [7, 11) is 0. The van der Waals surface area contributed by atoms with E-state index in [1.54, 1.807) is 0 Å². The molecule has 0 spiro atoms. The SMILES string of the molecule is CC(C)(O)c1ccccc1CC[C@@H](SCC1(CC(N)=O)CC1)c1cccc(/C=C/c2ccc3ccc(Cl)cc3n2)c1. The molecule has 3 N–H and O–H groups in total. The Morgan fingerprint density at radius 2 is 1.85 bits per heavy atom. The molecule has 4 nitrogen and oxygen atoms in total. The highest BCUT2D eigenvalue weighted by Gasteiger charge is 2.44. The molecule has 5 rings (SSSR count). The van der Waals surface area contributed by atoms with E-state index in [0.717, 1.165) is 59.2 Å². The van der Waals surface area contributed by atoms with E-state index in [0.29, 0.717) is 11.4 Å². The molecule has 212 valence electrons. The quantitative estimate of drug-likeness (QED) is 0.175. The maximum absolute atomic E-state index is 11.7. The van der Waals surface area contributed by atoms with Crippen LogP contribution in [-0.2, 0) is 16.8 Å². The van der Waals surface area contributed by atoms with Crippen molar-refractivity contribution in [2.24, 2.45) is 11.1 Å². The molecule has 1 saturated carbocycles. The molecule has 0 bridgehead atoms. The summed E-state index contributed by atoms with van der Waals surface area (Å²) in [6.45, 7) is 3.68. The molecule has 41 heavy (non-hydrogen) atoms. The average molecular weight is 585 g/mol. The second-order valence-corrected chi connectivity index (χ2v) is 13.4. The summed E-state index contributed by atoms with van der Waals surface area (Å²) in [5.41, 5.74) is 11.0. The predicted molar refractivity (Wildman–Crippen MR) is 173 cm³/mol. The molecule has 4 aromatic rings. The summed E-state index contributed by atoms with van der Waals surface area (Å²) in [6, 6.07) is 26.7. The lowest BCUT2D eigenvalue weighted by Crippen LogP contribution is -2.19. The second-order valence-electron chi connectivity index (χ2n) is 11.8. The van der Waals surface area contributed by atoms with Gasteiger partial charge in [0.05, 0.1) is 16.8 Å². The van der Waals surface area contributed by atoms with Crippen LogP contribution in [-0.4, -0.2) is 21.8 Å². The van der Waals surface area contributed by atoms with Crippen LogP contribution in [0, 0.1) is 5.41 Å². The van der Waals surface area contributed by atoms with Gasteiger partial charge in [0.2, 0.25) is 5.91 Å². The first-order chi connectivity index (χ1) is 19.6. The van der Waals surface area contributed by atoms with Crippen molar-refractivity contribution in [3.05, 3.63) is 112 Å². The summed E-state index contributed by atoms with van der Waals surface area (Å²) < 4.78 is 0. The van der Waals surface area contributed by atoms with Crippen molar-refractivity contribution < 1.29 is 9.90 Å². The number of nitrogens with zero attached hydrogens (tertiary/aromatic N) is 1. The van der Waals surface area contributed by atoms with Crippen molar-refractivity contribution >= 4 is 52.3 Å². The van der Waals surface area contributed by atoms with Crippen LogP contribution in [0.2, 0.25) is 5.02 Å². The van der Waals surface area contributed by atoms with E-state index in [-0.39, 0.29) is 16.6 Å². The number of halogens is 1. The number of aryl methyl sites for hydroxylation is 1. The molecule has 1 aromatic heterocycles. The largest absolute Gasteiger partial charge is 0.386 e. The minimum absolute atomic E-state index is 0.0436. The molecule has 1 aliphatic rings. The van der Waals surface area contributed by atoms with Gasteiger partial charge in [-0.05, 0) is 91.5 Å². The molecule has 1 heterocycles. The minimum atomic E-state index is -0.897. The number of thioether (sulfide) groups is 1. The monoisotopic (exact) mass is 584 g/mol. The van der Waals surface area contributed by atoms with E-state index < -0.39 is 5.60 Å². The fraction of sp³-hybridized carbons (Fsp3) is 0.314. The lowest BCUT2D eigenvalue weighted by Gasteiger charge is -2.24. The highest BCUT2D eigenvalue weighted by atomic mass is 35.5. The van der Waals surface area contributed by atoms with Crippen molar-refractivity contribution in [1.82, 2.24) is 4.98 Å². The molecule has 1 atom stereocenters. The minimum Gasteiger partial charge on any atom is -0.386 e. The van der Waals surface area contributed by atoms with Gasteiger partial charge in [0.25, 0.3) is 0 Å². The van der Waals surface area contributed by atoms with Crippen LogP contribution < -0.4 is 5.73 Å². The van der Waals surface area contributed by atoms with Gasteiger partial charge in [-0.15, -0.1) is 0 Å². The molecule has 0 aliphatic heterocycles. The van der Waals surface area contributed by atoms with Gasteiger partial charge in [0.15, 0.2) is 0 Å². The summed E-state index contributed by atoms with van der Waals surface area (Å²) in [6.07, 6.45) is 8.49. The molecular weight excluding hydrogens is 548 g/mol. The van der Waals surface area contributed by atoms with Gasteiger partial charge in [0.1, 0.15) is 0 Å². The van der Waals surface area contributed by atoms with Crippen molar-refractivity contribution in [1.29, 1.82) is 0 Å². The number of carbonyl (C=O) groups is 1. The number of hydrogen-bond acceptors (Lipinski definition) is 4. The lowest BCUT2D eigenvalue weighted by atomic mass is 9.90. The normalized spacial score (nSPS) is 15.3. The molecule has 0 saturated heterocycles. The Morgan fingerprint density at radius 1 is 1.07 bits per heavy atom. The van der Waals surface area contributed by atoms with Gasteiger partial charge in [-0.3, -0.25) is 4.79 Å². The molecule has 0 unspecified atom stereocenters. The number of carbonyl (C=O) groups excluding carboxylic acids is 1. The Labute approximate surface area is 252 Å². The zero-order valence-corrected chi connectivity index (χ0v) is 25.2. The summed E-state index contributed by atoms with van der Waals surface area (Å²) in [4.78, 5) is 16.5. The Morgan fingerprint density at radius 3 is 2.61 bits per heavy atom. The molecule has 1 aliphatic carbocycles. The van der Waals surface area contributed by atoms with Crippen molar-refractivity contribution in [3.63, 3.8) is 0 Å². The van der Waals surface area contributed by atoms with E-state index in [4.69, 9.17) is 22.3 Å². The molecule has 1 fully saturated rings. The number of hydrogen-bond donors (Lipinski definition) is 2. The molecule has 3 aromatic carbocycles. The van der Waals surface area contributed by atoms with Crippen molar-refractivity contribution in [2.75, 3.05) is 5.75 Å². The fourth-order valence-electron chi connectivity index (χ4n) is 5.41. The number of aromatic nitrogens is 1. The number of benzene rings is 3. The zero-order valence-electron chi connectivity index (χ0n) is 23.6. The lowest BCUT2D eigenvalue weighted by molar-refractivity contribution is -0.119. The Kier molecular flexibility index (Phi) is 8.88. The van der Waals surface area contributed by atoms with Crippen LogP contribution >= 0.6 is 23.4 Å². The number of rotatable bonds is 12. The van der Waals surface area contributed by atoms with Gasteiger partial charge in [-0.25, -0.2) is 4.98 Å². The van der Waals surface area contributed by atoms with Crippen LogP contribution in [0.15, 0.2) is 78.9 Å². The van der Waals surface area contributed by atoms with Crippen LogP contribution in [0.25, 0.3) is 23.1 Å². The van der Waals surface area contributed by atoms with Crippen molar-refractivity contribution in [3.8, 4) is 0 Å². The van der Waals surface area contributed by atoms with Gasteiger partial charge in [-0.2, -0.15) is 11.8 Å². The average Bonchev–Trinajstić information content (AvgIpc) is 3.70. The van der Waals surface area contributed by atoms with E-state index in [1.165, 1.54) is 11.1 Å². The first-order valence-corrected chi connectivity index (χ1v) is 15.6. The third kappa shape index (κ3) is 7.79. The van der Waals surface area contributed by atoms with Crippen LogP contribution in [0.3, 0.4) is 0 Å². The molecule has 1 amide bonds. The van der Waals surface area contributed by atoms with Gasteiger partial charge >= 0.3 is 0 Å². The van der Waals surface area contributed by atoms with Crippen molar-refractivity contribution in [2.45, 2.75) is 56.8 Å². The first kappa shape index (κ1) is 29.4. The third-order valence-corrected chi connectivity index (χ3v) is 9.78. The zero-order chi connectivity index (χ0) is 29.0. The molecular formula is C35H37ClN2O2S. The standard InChI is InChI=1S/C35H37ClN2O2S/c1-34(2,40)30-9-4-3-7-25(30)13-17-32(41-23-35(18-19-35)22-33(37)39)27-8-5-6-24(20-27)10-15-29-16-12-26-11-14-28(36)21-31(26)38-29/h3-12,14-16,20-21,32,40H,13,17-19,22-23H2,1-2H3,(H2,37,39)/b15-10+/t32-/m1/s1. The Hall–Kier alpha value is -3.12. The van der Waals surface area contributed by atoms with E-state index in [2.05, 4.69) is 42.5 Å². The van der Waals surface area contributed by atoms with Gasteiger partial charge in [-0.1, -0.05) is 78.3 Å². The van der Waals surface area contributed by atoms with Gasteiger partial charge < -0.3 is 10.8 Å². The second kappa shape index (κ2) is 12.4. The van der Waals surface area contributed by atoms with Crippen LogP contribution in [0.4, 0.5) is 0 Å². The number of fused-ring (bicyclic) bond motifs is 1. The maximum atomic E-state index is 11.7. The molecule has 0 radical (unpaired) electrons. The Bertz CT molecular complexity index is 1570. The molecule has 6 heteroatoms. The number of primary amides is 1. The summed E-state index contributed by atoms with van der Waals surface area (Å²) in [5.74, 6) is 0.702. The predicted octanol–water partition coefficient (Wildman–Crippen LogP) is 8.35. The van der Waals surface area contributed by atoms with Crippen LogP contribution in [0.1, 0.15) is 72.7 Å². The highest BCUT2D eigenvalue weighted by Crippen LogP contribution is 2.53. The van der Waals surface area contributed by atoms with E-state index in [1.807, 2.05) is 74.1 Å². The Balaban J connectivity index is 1.37. The van der Waals surface area contributed by atoms with Gasteiger partial charge in [0, 0.05) is 27.8 Å². The van der Waals surface area contributed by atoms with Crippen LogP contribution in [0.5, 0.6) is 0 Å². The topological polar surface area (TPSA) is 76.2 Å². The first-order valence-electron chi connectivity index (χ1n) is 14.2. The number of nitrogens with two attached hydrogens (primary N) is 1.